The molecule has 0 aromatic heterocycles. The molecule has 1 saturated carbocycles. The number of carbonyl (C=O) groups excluding carboxylic acids is 2. The molecule has 0 radical (unpaired) electrons. The molecule has 2 atom stereocenters. The summed E-state index contributed by atoms with van der Waals surface area (Å²) in [4.78, 5) is 25.8. The van der Waals surface area contributed by atoms with Gasteiger partial charge in [-0.1, -0.05) is 35.8 Å². The van der Waals surface area contributed by atoms with Crippen molar-refractivity contribution >= 4 is 33.4 Å². The fourth-order valence-corrected chi connectivity index (χ4v) is 3.57. The molecule has 1 aliphatic heterocycles. The molecule has 1 aliphatic carbocycles. The van der Waals surface area contributed by atoms with Gasteiger partial charge in [0, 0.05) is 15.7 Å². The first-order valence-electron chi connectivity index (χ1n) is 6.23. The molecule has 1 aromatic carbocycles. The van der Waals surface area contributed by atoms with Crippen LogP contribution in [0, 0.1) is 17.3 Å². The second-order valence-corrected chi connectivity index (χ2v) is 6.70. The lowest BCUT2D eigenvalue weighted by atomic mass is 10.0. The molecule has 1 aromatic rings. The van der Waals surface area contributed by atoms with Crippen molar-refractivity contribution < 1.29 is 9.59 Å². The molecular formula is C14H15BrN2O2. The Labute approximate surface area is 120 Å². The molecule has 1 saturated heterocycles. The van der Waals surface area contributed by atoms with Crippen molar-refractivity contribution in [3.63, 3.8) is 0 Å². The summed E-state index contributed by atoms with van der Waals surface area (Å²) in [5.41, 5.74) is 7.13. The van der Waals surface area contributed by atoms with E-state index in [0.29, 0.717) is 5.69 Å². The zero-order valence-electron chi connectivity index (χ0n) is 10.8. The third-order valence-corrected chi connectivity index (χ3v) is 5.11. The summed E-state index contributed by atoms with van der Waals surface area (Å²) < 4.78 is 0.827. The number of piperidine rings is 1. The first-order chi connectivity index (χ1) is 8.85. The molecule has 100 valence electrons. The SMILES string of the molecule is CC1(C)C2C(=O)N(Cc3c(N)cccc3Br)C(=O)C21. The van der Waals surface area contributed by atoms with Gasteiger partial charge in [-0.2, -0.15) is 0 Å². The molecule has 0 bridgehead atoms. The fourth-order valence-electron chi connectivity index (χ4n) is 3.06. The fraction of sp³-hybridized carbons (Fsp3) is 0.429. The molecule has 2 N–H and O–H groups in total. The number of fused-ring (bicyclic) bond motifs is 1. The van der Waals surface area contributed by atoms with Crippen molar-refractivity contribution in [3.8, 4) is 0 Å². The lowest BCUT2D eigenvalue weighted by Crippen LogP contribution is -2.36. The minimum absolute atomic E-state index is 0.0600. The highest BCUT2D eigenvalue weighted by Crippen LogP contribution is 2.63. The highest BCUT2D eigenvalue weighted by atomic mass is 79.9. The van der Waals surface area contributed by atoms with Gasteiger partial charge in [-0.05, 0) is 17.5 Å². The van der Waals surface area contributed by atoms with Gasteiger partial charge in [0.25, 0.3) is 0 Å². The minimum atomic E-state index is -0.163. The molecule has 19 heavy (non-hydrogen) atoms. The second kappa shape index (κ2) is 3.82. The van der Waals surface area contributed by atoms with E-state index in [4.69, 9.17) is 5.73 Å². The van der Waals surface area contributed by atoms with E-state index in [2.05, 4.69) is 15.9 Å². The van der Waals surface area contributed by atoms with Gasteiger partial charge in [0.1, 0.15) is 0 Å². The number of halogens is 1. The zero-order valence-corrected chi connectivity index (χ0v) is 12.4. The van der Waals surface area contributed by atoms with Crippen LogP contribution in [0.3, 0.4) is 0 Å². The largest absolute Gasteiger partial charge is 0.398 e. The third-order valence-electron chi connectivity index (χ3n) is 4.36. The van der Waals surface area contributed by atoms with Gasteiger partial charge in [0.05, 0.1) is 18.4 Å². The lowest BCUT2D eigenvalue weighted by molar-refractivity contribution is -0.143. The average molecular weight is 323 g/mol. The van der Waals surface area contributed by atoms with Gasteiger partial charge < -0.3 is 5.73 Å². The van der Waals surface area contributed by atoms with E-state index in [0.717, 1.165) is 10.0 Å². The van der Waals surface area contributed by atoms with E-state index < -0.39 is 0 Å². The summed E-state index contributed by atoms with van der Waals surface area (Å²) in [6.07, 6.45) is 0. The number of amides is 2. The highest BCUT2D eigenvalue weighted by Gasteiger charge is 2.72. The maximum atomic E-state index is 12.2. The van der Waals surface area contributed by atoms with E-state index in [9.17, 15) is 9.59 Å². The molecule has 2 fully saturated rings. The van der Waals surface area contributed by atoms with E-state index in [-0.39, 0.29) is 35.6 Å². The number of rotatable bonds is 2. The first-order valence-corrected chi connectivity index (χ1v) is 7.03. The van der Waals surface area contributed by atoms with Crippen LogP contribution in [0.1, 0.15) is 19.4 Å². The predicted molar refractivity (Wildman–Crippen MR) is 74.9 cm³/mol. The monoisotopic (exact) mass is 322 g/mol. The van der Waals surface area contributed by atoms with Crippen molar-refractivity contribution in [1.82, 2.24) is 4.90 Å². The molecule has 1 heterocycles. The van der Waals surface area contributed by atoms with Crippen molar-refractivity contribution in [2.75, 3.05) is 5.73 Å². The number of nitrogens with two attached hydrogens (primary N) is 1. The summed E-state index contributed by atoms with van der Waals surface area (Å²) in [5, 5.41) is 0. The zero-order chi connectivity index (χ0) is 13.9. The van der Waals surface area contributed by atoms with Crippen LogP contribution < -0.4 is 5.73 Å². The van der Waals surface area contributed by atoms with Crippen molar-refractivity contribution in [2.24, 2.45) is 17.3 Å². The van der Waals surface area contributed by atoms with E-state index in [1.54, 1.807) is 6.07 Å². The van der Waals surface area contributed by atoms with Crippen LogP contribution in [0.5, 0.6) is 0 Å². The van der Waals surface area contributed by atoms with Gasteiger partial charge >= 0.3 is 0 Å². The normalized spacial score (nSPS) is 27.6. The summed E-state index contributed by atoms with van der Waals surface area (Å²) in [7, 11) is 0. The Kier molecular flexibility index (Phi) is 2.55. The van der Waals surface area contributed by atoms with Crippen molar-refractivity contribution in [2.45, 2.75) is 20.4 Å². The van der Waals surface area contributed by atoms with Crippen LogP contribution in [0.4, 0.5) is 5.69 Å². The summed E-state index contributed by atoms with van der Waals surface area (Å²) in [5.74, 6) is -0.391. The van der Waals surface area contributed by atoms with Gasteiger partial charge in [-0.15, -0.1) is 0 Å². The minimum Gasteiger partial charge on any atom is -0.398 e. The molecular weight excluding hydrogens is 308 g/mol. The Hall–Kier alpha value is -1.36. The molecule has 5 heteroatoms. The van der Waals surface area contributed by atoms with Gasteiger partial charge in [-0.25, -0.2) is 0 Å². The Balaban J connectivity index is 1.87. The maximum absolute atomic E-state index is 12.2. The first kappa shape index (κ1) is 12.7. The second-order valence-electron chi connectivity index (χ2n) is 5.85. The van der Waals surface area contributed by atoms with E-state index >= 15 is 0 Å². The number of benzene rings is 1. The van der Waals surface area contributed by atoms with Crippen molar-refractivity contribution in [1.29, 1.82) is 0 Å². The maximum Gasteiger partial charge on any atom is 0.233 e. The van der Waals surface area contributed by atoms with E-state index in [1.165, 1.54) is 4.90 Å². The number of imide groups is 1. The van der Waals surface area contributed by atoms with Gasteiger partial charge in [0.2, 0.25) is 11.8 Å². The number of nitrogens with zero attached hydrogens (tertiary/aromatic N) is 1. The van der Waals surface area contributed by atoms with Gasteiger partial charge in [-0.3, -0.25) is 14.5 Å². The molecule has 0 spiro atoms. The number of hydrogen-bond acceptors (Lipinski definition) is 3. The predicted octanol–water partition coefficient (Wildman–Crippen LogP) is 2.17. The lowest BCUT2D eigenvalue weighted by Gasteiger charge is -2.21. The van der Waals surface area contributed by atoms with Crippen LogP contribution in [-0.2, 0) is 16.1 Å². The summed E-state index contributed by atoms with van der Waals surface area (Å²) in [6.45, 7) is 4.21. The molecule has 2 amide bonds. The molecule has 2 unspecified atom stereocenters. The Morgan fingerprint density at radius 3 is 2.37 bits per heavy atom. The topological polar surface area (TPSA) is 63.4 Å². The van der Waals surface area contributed by atoms with Crippen LogP contribution in [0.2, 0.25) is 0 Å². The smallest absolute Gasteiger partial charge is 0.233 e. The number of anilines is 1. The summed E-state index contributed by atoms with van der Waals surface area (Å²) in [6, 6.07) is 5.47. The Morgan fingerprint density at radius 1 is 1.26 bits per heavy atom. The van der Waals surface area contributed by atoms with Gasteiger partial charge in [0.15, 0.2) is 0 Å². The van der Waals surface area contributed by atoms with Crippen LogP contribution >= 0.6 is 15.9 Å². The van der Waals surface area contributed by atoms with E-state index in [1.807, 2.05) is 26.0 Å². The Morgan fingerprint density at radius 2 is 1.84 bits per heavy atom. The number of nitrogen functional groups attached to an aromatic ring is 1. The number of hydrogen-bond donors (Lipinski definition) is 1. The standard InChI is InChI=1S/C14H15BrN2O2/c1-14(2)10-11(14)13(19)17(12(10)18)6-7-8(15)4-3-5-9(7)16/h3-5,10-11H,6,16H2,1-2H3. The van der Waals surface area contributed by atoms with Crippen LogP contribution in [0.25, 0.3) is 0 Å². The molecule has 4 nitrogen and oxygen atoms in total. The molecule has 2 aliphatic rings. The summed E-state index contributed by atoms with van der Waals surface area (Å²) >= 11 is 3.41. The molecule has 3 rings (SSSR count). The highest BCUT2D eigenvalue weighted by molar-refractivity contribution is 9.10. The third kappa shape index (κ3) is 1.64. The van der Waals surface area contributed by atoms with Crippen LogP contribution in [-0.4, -0.2) is 16.7 Å². The Bertz CT molecular complexity index is 553. The van der Waals surface area contributed by atoms with Crippen molar-refractivity contribution in [3.05, 3.63) is 28.2 Å². The number of carbonyl (C=O) groups is 2. The number of likely N-dealkylation sites (tertiary alicyclic amines) is 1. The average Bonchev–Trinajstić information content (AvgIpc) is 2.79. The van der Waals surface area contributed by atoms with Crippen LogP contribution in [0.15, 0.2) is 22.7 Å². The quantitative estimate of drug-likeness (QED) is 0.670.